The molecule has 0 bridgehead atoms. The quantitative estimate of drug-likeness (QED) is 0.742. The van der Waals surface area contributed by atoms with Crippen molar-refractivity contribution in [3.05, 3.63) is 0 Å². The molecule has 0 radical (unpaired) electrons. The van der Waals surface area contributed by atoms with Gasteiger partial charge in [0.15, 0.2) is 0 Å². The predicted octanol–water partition coefficient (Wildman–Crippen LogP) is 2.09. The number of halogens is 1. The number of hydrogen-bond donors (Lipinski definition) is 2. The van der Waals surface area contributed by atoms with Gasteiger partial charge >= 0.3 is 0 Å². The highest BCUT2D eigenvalue weighted by molar-refractivity contribution is 5.85. The average molecular weight is 208 g/mol. The van der Waals surface area contributed by atoms with Crippen LogP contribution in [-0.4, -0.2) is 17.8 Å². The molecule has 0 amide bonds. The second kappa shape index (κ2) is 7.60. The van der Waals surface area contributed by atoms with Crippen LogP contribution in [0, 0.1) is 5.92 Å². The molecule has 0 spiro atoms. The van der Waals surface area contributed by atoms with E-state index in [0.29, 0.717) is 6.54 Å². The molecule has 0 aromatic rings. The molecular weight excluding hydrogens is 186 g/mol. The third kappa shape index (κ3) is 5.50. The molecule has 1 atom stereocenters. The van der Waals surface area contributed by atoms with E-state index < -0.39 is 0 Å². The summed E-state index contributed by atoms with van der Waals surface area (Å²) in [6.45, 7) is 0.423. The van der Waals surface area contributed by atoms with Crippen molar-refractivity contribution in [1.29, 1.82) is 0 Å². The fourth-order valence-electron chi connectivity index (χ4n) is 2.02. The van der Waals surface area contributed by atoms with Crippen molar-refractivity contribution in [3.63, 3.8) is 0 Å². The normalized spacial score (nSPS) is 20.8. The first-order valence-electron chi connectivity index (χ1n) is 5.21. The van der Waals surface area contributed by atoms with Gasteiger partial charge in [0.2, 0.25) is 0 Å². The topological polar surface area (TPSA) is 46.2 Å². The summed E-state index contributed by atoms with van der Waals surface area (Å²) >= 11 is 0. The van der Waals surface area contributed by atoms with Crippen LogP contribution < -0.4 is 5.73 Å². The second-order valence-corrected chi connectivity index (χ2v) is 3.97. The van der Waals surface area contributed by atoms with Crippen molar-refractivity contribution < 1.29 is 5.11 Å². The third-order valence-corrected chi connectivity index (χ3v) is 2.90. The molecule has 0 aromatic carbocycles. The minimum atomic E-state index is -0.257. The average Bonchev–Trinajstić information content (AvgIpc) is 2.16. The van der Waals surface area contributed by atoms with Crippen molar-refractivity contribution in [3.8, 4) is 0 Å². The summed E-state index contributed by atoms with van der Waals surface area (Å²) in [4.78, 5) is 0. The number of hydrogen-bond acceptors (Lipinski definition) is 2. The van der Waals surface area contributed by atoms with Gasteiger partial charge in [-0.25, -0.2) is 0 Å². The van der Waals surface area contributed by atoms with Gasteiger partial charge in [0.25, 0.3) is 0 Å². The molecule has 0 aliphatic heterocycles. The summed E-state index contributed by atoms with van der Waals surface area (Å²) in [5.41, 5.74) is 5.34. The van der Waals surface area contributed by atoms with Gasteiger partial charge in [0.1, 0.15) is 0 Å². The minimum Gasteiger partial charge on any atom is -0.392 e. The highest BCUT2D eigenvalue weighted by Gasteiger charge is 2.14. The van der Waals surface area contributed by atoms with E-state index in [1.807, 2.05) is 0 Å². The Morgan fingerprint density at radius 1 is 1.23 bits per heavy atom. The Morgan fingerprint density at radius 2 is 1.85 bits per heavy atom. The fraction of sp³-hybridized carbons (Fsp3) is 1.00. The lowest BCUT2D eigenvalue weighted by molar-refractivity contribution is 0.156. The molecular formula is C10H22ClNO. The molecule has 0 aromatic heterocycles. The lowest BCUT2D eigenvalue weighted by Gasteiger charge is -2.22. The van der Waals surface area contributed by atoms with Gasteiger partial charge < -0.3 is 10.8 Å². The van der Waals surface area contributed by atoms with Gasteiger partial charge in [-0.2, -0.15) is 0 Å². The van der Waals surface area contributed by atoms with Crippen molar-refractivity contribution in [2.24, 2.45) is 11.7 Å². The Morgan fingerprint density at radius 3 is 2.38 bits per heavy atom. The molecule has 2 nitrogen and oxygen atoms in total. The molecule has 1 aliphatic carbocycles. The lowest BCUT2D eigenvalue weighted by atomic mass is 9.85. The molecule has 1 saturated carbocycles. The van der Waals surface area contributed by atoms with Crippen LogP contribution in [0.2, 0.25) is 0 Å². The molecule has 3 heteroatoms. The summed E-state index contributed by atoms with van der Waals surface area (Å²) in [7, 11) is 0. The summed E-state index contributed by atoms with van der Waals surface area (Å²) in [5, 5.41) is 9.26. The van der Waals surface area contributed by atoms with E-state index in [1.54, 1.807) is 0 Å². The van der Waals surface area contributed by atoms with Crippen LogP contribution >= 0.6 is 12.4 Å². The van der Waals surface area contributed by atoms with Crippen LogP contribution in [-0.2, 0) is 0 Å². The second-order valence-electron chi connectivity index (χ2n) is 3.97. The summed E-state index contributed by atoms with van der Waals surface area (Å²) in [6, 6.07) is 0. The zero-order valence-electron chi connectivity index (χ0n) is 8.24. The molecule has 1 rings (SSSR count). The summed E-state index contributed by atoms with van der Waals surface area (Å²) in [6.07, 6.45) is 8.77. The molecule has 80 valence electrons. The van der Waals surface area contributed by atoms with Crippen molar-refractivity contribution >= 4 is 12.4 Å². The smallest absolute Gasteiger partial charge is 0.0662 e. The maximum Gasteiger partial charge on any atom is 0.0662 e. The van der Waals surface area contributed by atoms with Gasteiger partial charge in [-0.05, 0) is 18.8 Å². The van der Waals surface area contributed by atoms with Crippen LogP contribution in [0.4, 0.5) is 0 Å². The third-order valence-electron chi connectivity index (χ3n) is 2.90. The molecule has 1 fully saturated rings. The summed E-state index contributed by atoms with van der Waals surface area (Å²) < 4.78 is 0. The van der Waals surface area contributed by atoms with E-state index in [0.717, 1.165) is 12.3 Å². The van der Waals surface area contributed by atoms with Gasteiger partial charge in [0.05, 0.1) is 6.10 Å². The Balaban J connectivity index is 0.00000144. The summed E-state index contributed by atoms with van der Waals surface area (Å²) in [5.74, 6) is 0.875. The van der Waals surface area contributed by atoms with Gasteiger partial charge in [-0.15, -0.1) is 12.4 Å². The molecule has 3 N–H and O–H groups in total. The van der Waals surface area contributed by atoms with E-state index >= 15 is 0 Å². The predicted molar refractivity (Wildman–Crippen MR) is 58.1 cm³/mol. The Bertz CT molecular complexity index is 115. The maximum absolute atomic E-state index is 9.26. The number of rotatable bonds is 4. The lowest BCUT2D eigenvalue weighted by Crippen LogP contribution is -2.21. The first-order valence-corrected chi connectivity index (χ1v) is 5.21. The first-order chi connectivity index (χ1) is 5.83. The van der Waals surface area contributed by atoms with Gasteiger partial charge in [-0.3, -0.25) is 0 Å². The first kappa shape index (κ1) is 13.2. The number of nitrogens with two attached hydrogens (primary N) is 1. The zero-order chi connectivity index (χ0) is 8.81. The minimum absolute atomic E-state index is 0. The fourth-order valence-corrected chi connectivity index (χ4v) is 2.02. The van der Waals surface area contributed by atoms with Crippen LogP contribution in [0.1, 0.15) is 44.9 Å². The SMILES string of the molecule is Cl.NCC(O)CCC1CCCCC1. The largest absolute Gasteiger partial charge is 0.392 e. The highest BCUT2D eigenvalue weighted by atomic mass is 35.5. The van der Waals surface area contributed by atoms with E-state index in [2.05, 4.69) is 0 Å². The van der Waals surface area contributed by atoms with E-state index in [4.69, 9.17) is 5.73 Å². The van der Waals surface area contributed by atoms with E-state index in [-0.39, 0.29) is 18.5 Å². The standard InChI is InChI=1S/C10H21NO.ClH/c11-8-10(12)7-6-9-4-2-1-3-5-9;/h9-10,12H,1-8,11H2;1H. The van der Waals surface area contributed by atoms with Crippen LogP contribution in [0.3, 0.4) is 0 Å². The van der Waals surface area contributed by atoms with Crippen LogP contribution in [0.15, 0.2) is 0 Å². The number of aliphatic hydroxyl groups excluding tert-OH is 1. The molecule has 1 aliphatic rings. The molecule has 1 unspecified atom stereocenters. The number of aliphatic hydroxyl groups is 1. The van der Waals surface area contributed by atoms with Crippen molar-refractivity contribution in [1.82, 2.24) is 0 Å². The Labute approximate surface area is 87.3 Å². The molecule has 0 heterocycles. The van der Waals surface area contributed by atoms with Gasteiger partial charge in [0, 0.05) is 6.54 Å². The van der Waals surface area contributed by atoms with Crippen LogP contribution in [0.25, 0.3) is 0 Å². The van der Waals surface area contributed by atoms with Crippen LogP contribution in [0.5, 0.6) is 0 Å². The van der Waals surface area contributed by atoms with Gasteiger partial charge in [-0.1, -0.05) is 32.1 Å². The van der Waals surface area contributed by atoms with E-state index in [9.17, 15) is 5.11 Å². The molecule has 0 saturated heterocycles. The monoisotopic (exact) mass is 207 g/mol. The molecule has 13 heavy (non-hydrogen) atoms. The van der Waals surface area contributed by atoms with Crippen molar-refractivity contribution in [2.75, 3.05) is 6.54 Å². The van der Waals surface area contributed by atoms with Crippen molar-refractivity contribution in [2.45, 2.75) is 51.0 Å². The zero-order valence-corrected chi connectivity index (χ0v) is 9.06. The van der Waals surface area contributed by atoms with E-state index in [1.165, 1.54) is 38.5 Å². The highest BCUT2D eigenvalue weighted by Crippen LogP contribution is 2.27. The maximum atomic E-state index is 9.26. The Hall–Kier alpha value is 0.210. The Kier molecular flexibility index (Phi) is 7.72.